The van der Waals surface area contributed by atoms with Gasteiger partial charge in [0.05, 0.1) is 0 Å². The minimum Gasteiger partial charge on any atom is -0.336 e. The zero-order chi connectivity index (χ0) is 12.4. The predicted molar refractivity (Wildman–Crippen MR) is 77.1 cm³/mol. The van der Waals surface area contributed by atoms with Crippen molar-refractivity contribution in [1.29, 1.82) is 0 Å². The van der Waals surface area contributed by atoms with Crippen molar-refractivity contribution in [3.8, 4) is 0 Å². The van der Waals surface area contributed by atoms with Crippen LogP contribution < -0.4 is 5.32 Å². The Morgan fingerprint density at radius 2 is 2.00 bits per heavy atom. The van der Waals surface area contributed by atoms with Crippen LogP contribution in [0.3, 0.4) is 0 Å². The molecule has 1 aliphatic rings. The first-order chi connectivity index (χ1) is 8.06. The van der Waals surface area contributed by atoms with E-state index in [4.69, 9.17) is 0 Å². The van der Waals surface area contributed by atoms with Crippen molar-refractivity contribution < 1.29 is 4.79 Å². The average Bonchev–Trinajstić information content (AvgIpc) is 2.26. The second kappa shape index (κ2) is 5.35. The standard InChI is InChI=1S/C13H17IN2O/c1-9-7-16(8-10(2)15-9)13(17)11-4-3-5-12(14)6-11/h3-6,9-10,15H,7-8H2,1-2H3. The Balaban J connectivity index is 2.14. The van der Waals surface area contributed by atoms with Gasteiger partial charge in [-0.15, -0.1) is 0 Å². The fourth-order valence-electron chi connectivity index (χ4n) is 2.30. The first kappa shape index (κ1) is 12.8. The fraction of sp³-hybridized carbons (Fsp3) is 0.462. The number of nitrogens with one attached hydrogen (secondary N) is 1. The highest BCUT2D eigenvalue weighted by Crippen LogP contribution is 2.13. The fourth-order valence-corrected chi connectivity index (χ4v) is 2.84. The van der Waals surface area contributed by atoms with Crippen molar-refractivity contribution in [2.24, 2.45) is 0 Å². The Bertz CT molecular complexity index is 412. The molecule has 1 aromatic carbocycles. The lowest BCUT2D eigenvalue weighted by atomic mass is 10.1. The third-order valence-electron chi connectivity index (χ3n) is 2.92. The van der Waals surface area contributed by atoms with E-state index in [1.165, 1.54) is 0 Å². The second-order valence-corrected chi connectivity index (χ2v) is 5.93. The van der Waals surface area contributed by atoms with E-state index in [-0.39, 0.29) is 5.91 Å². The smallest absolute Gasteiger partial charge is 0.253 e. The molecule has 4 heteroatoms. The number of benzene rings is 1. The highest BCUT2D eigenvalue weighted by molar-refractivity contribution is 14.1. The highest BCUT2D eigenvalue weighted by Gasteiger charge is 2.25. The maximum absolute atomic E-state index is 12.3. The van der Waals surface area contributed by atoms with Crippen molar-refractivity contribution in [2.75, 3.05) is 13.1 Å². The molecule has 0 radical (unpaired) electrons. The highest BCUT2D eigenvalue weighted by atomic mass is 127. The van der Waals surface area contributed by atoms with Gasteiger partial charge < -0.3 is 10.2 Å². The van der Waals surface area contributed by atoms with Gasteiger partial charge in [0.1, 0.15) is 0 Å². The molecule has 3 nitrogen and oxygen atoms in total. The summed E-state index contributed by atoms with van der Waals surface area (Å²) < 4.78 is 1.10. The van der Waals surface area contributed by atoms with Gasteiger partial charge in [-0.05, 0) is 54.6 Å². The van der Waals surface area contributed by atoms with Crippen LogP contribution in [0.1, 0.15) is 24.2 Å². The molecule has 1 heterocycles. The van der Waals surface area contributed by atoms with Gasteiger partial charge in [-0.1, -0.05) is 6.07 Å². The van der Waals surface area contributed by atoms with Crippen LogP contribution in [-0.4, -0.2) is 36.0 Å². The number of amides is 1. The summed E-state index contributed by atoms with van der Waals surface area (Å²) in [5.41, 5.74) is 0.790. The van der Waals surface area contributed by atoms with Crippen LogP contribution >= 0.6 is 22.6 Å². The number of rotatable bonds is 1. The molecular formula is C13H17IN2O. The summed E-state index contributed by atoms with van der Waals surface area (Å²) in [4.78, 5) is 14.3. The van der Waals surface area contributed by atoms with Crippen LogP contribution in [0.5, 0.6) is 0 Å². The molecule has 0 saturated carbocycles. The first-order valence-electron chi connectivity index (χ1n) is 5.87. The van der Waals surface area contributed by atoms with E-state index in [2.05, 4.69) is 41.8 Å². The molecule has 0 aromatic heterocycles. The molecule has 0 bridgehead atoms. The number of carbonyl (C=O) groups excluding carboxylic acids is 1. The van der Waals surface area contributed by atoms with Gasteiger partial charge in [0, 0.05) is 34.3 Å². The predicted octanol–water partition coefficient (Wildman–Crippen LogP) is 2.11. The lowest BCUT2D eigenvalue weighted by Gasteiger charge is -2.36. The molecule has 0 spiro atoms. The van der Waals surface area contributed by atoms with E-state index >= 15 is 0 Å². The van der Waals surface area contributed by atoms with Crippen molar-refractivity contribution in [2.45, 2.75) is 25.9 Å². The Labute approximate surface area is 116 Å². The molecule has 1 aromatic rings. The van der Waals surface area contributed by atoms with Crippen LogP contribution in [0.25, 0.3) is 0 Å². The van der Waals surface area contributed by atoms with E-state index in [1.54, 1.807) is 0 Å². The first-order valence-corrected chi connectivity index (χ1v) is 6.95. The zero-order valence-electron chi connectivity index (χ0n) is 10.1. The molecule has 2 atom stereocenters. The summed E-state index contributed by atoms with van der Waals surface area (Å²) >= 11 is 2.23. The Hall–Kier alpha value is -0.620. The number of halogens is 1. The largest absolute Gasteiger partial charge is 0.336 e. The van der Waals surface area contributed by atoms with Crippen LogP contribution in [0, 0.1) is 3.57 Å². The normalized spacial score (nSPS) is 24.8. The molecule has 0 aliphatic carbocycles. The number of hydrogen-bond acceptors (Lipinski definition) is 2. The van der Waals surface area contributed by atoms with Crippen molar-refractivity contribution in [1.82, 2.24) is 10.2 Å². The molecule has 2 unspecified atom stereocenters. The Morgan fingerprint density at radius 1 is 1.35 bits per heavy atom. The maximum Gasteiger partial charge on any atom is 0.253 e. The van der Waals surface area contributed by atoms with Gasteiger partial charge >= 0.3 is 0 Å². The minimum absolute atomic E-state index is 0.142. The van der Waals surface area contributed by atoms with Crippen molar-refractivity contribution in [3.63, 3.8) is 0 Å². The molecule has 1 amide bonds. The quantitative estimate of drug-likeness (QED) is 0.792. The summed E-state index contributed by atoms with van der Waals surface area (Å²) in [7, 11) is 0. The molecule has 92 valence electrons. The second-order valence-electron chi connectivity index (χ2n) is 4.69. The van der Waals surface area contributed by atoms with Crippen LogP contribution in [-0.2, 0) is 0 Å². The zero-order valence-corrected chi connectivity index (χ0v) is 12.3. The lowest BCUT2D eigenvalue weighted by molar-refractivity contribution is 0.0673. The van der Waals surface area contributed by atoms with Crippen LogP contribution in [0.15, 0.2) is 24.3 Å². The summed E-state index contributed by atoms with van der Waals surface area (Å²) in [6, 6.07) is 8.50. The maximum atomic E-state index is 12.3. The van der Waals surface area contributed by atoms with Crippen LogP contribution in [0.4, 0.5) is 0 Å². The Kier molecular flexibility index (Phi) is 4.04. The van der Waals surface area contributed by atoms with Crippen LogP contribution in [0.2, 0.25) is 0 Å². The summed E-state index contributed by atoms with van der Waals surface area (Å²) in [6.45, 7) is 5.80. The van der Waals surface area contributed by atoms with E-state index in [0.717, 1.165) is 22.2 Å². The van der Waals surface area contributed by atoms with Crippen molar-refractivity contribution in [3.05, 3.63) is 33.4 Å². The van der Waals surface area contributed by atoms with E-state index in [0.29, 0.717) is 12.1 Å². The minimum atomic E-state index is 0.142. The summed E-state index contributed by atoms with van der Waals surface area (Å²) in [5.74, 6) is 0.142. The summed E-state index contributed by atoms with van der Waals surface area (Å²) in [6.07, 6.45) is 0. The van der Waals surface area contributed by atoms with Gasteiger partial charge in [-0.2, -0.15) is 0 Å². The van der Waals surface area contributed by atoms with Gasteiger partial charge in [0.15, 0.2) is 0 Å². The third kappa shape index (κ3) is 3.19. The van der Waals surface area contributed by atoms with Gasteiger partial charge in [0.25, 0.3) is 5.91 Å². The molecule has 2 rings (SSSR count). The average molecular weight is 344 g/mol. The van der Waals surface area contributed by atoms with E-state index < -0.39 is 0 Å². The topological polar surface area (TPSA) is 32.3 Å². The van der Waals surface area contributed by atoms with Gasteiger partial charge in [-0.25, -0.2) is 0 Å². The molecule has 17 heavy (non-hydrogen) atoms. The van der Waals surface area contributed by atoms with Gasteiger partial charge in [-0.3, -0.25) is 4.79 Å². The lowest BCUT2D eigenvalue weighted by Crippen LogP contribution is -2.55. The molecular weight excluding hydrogens is 327 g/mol. The summed E-state index contributed by atoms with van der Waals surface area (Å²) in [5, 5.41) is 3.43. The molecule has 1 saturated heterocycles. The monoisotopic (exact) mass is 344 g/mol. The van der Waals surface area contributed by atoms with E-state index in [9.17, 15) is 4.79 Å². The van der Waals surface area contributed by atoms with E-state index in [1.807, 2.05) is 29.2 Å². The Morgan fingerprint density at radius 3 is 2.59 bits per heavy atom. The third-order valence-corrected chi connectivity index (χ3v) is 3.59. The number of hydrogen-bond donors (Lipinski definition) is 1. The SMILES string of the molecule is CC1CN(C(=O)c2cccc(I)c2)CC(C)N1. The molecule has 1 aliphatic heterocycles. The number of carbonyl (C=O) groups is 1. The van der Waals surface area contributed by atoms with Crippen molar-refractivity contribution >= 4 is 28.5 Å². The number of piperazine rings is 1. The van der Waals surface area contributed by atoms with Gasteiger partial charge in [0.2, 0.25) is 0 Å². The molecule has 1 fully saturated rings. The molecule has 1 N–H and O–H groups in total. The number of nitrogens with zero attached hydrogens (tertiary/aromatic N) is 1.